The molecule has 3 radical (unpaired) electrons. The normalized spacial score (nSPS) is 10.7. The number of hydrogen-bond donors (Lipinski definition) is 1. The van der Waals surface area contributed by atoms with E-state index in [-0.39, 0.29) is 5.82 Å². The van der Waals surface area contributed by atoms with Gasteiger partial charge in [-0.05, 0) is 17.3 Å². The van der Waals surface area contributed by atoms with E-state index in [1.807, 2.05) is 0 Å². The fourth-order valence-corrected chi connectivity index (χ4v) is 1.16. The van der Waals surface area contributed by atoms with Crippen molar-refractivity contribution >= 4 is 26.5 Å². The van der Waals surface area contributed by atoms with Crippen LogP contribution in [0.25, 0.3) is 11.0 Å². The molecule has 3 nitrogen and oxygen atoms in total. The second kappa shape index (κ2) is 2.13. The Morgan fingerprint density at radius 2 is 2.18 bits per heavy atom. The first-order valence-electron chi connectivity index (χ1n) is 2.99. The van der Waals surface area contributed by atoms with Gasteiger partial charge in [0.05, 0.1) is 10.2 Å². The molecule has 0 aliphatic heterocycles. The van der Waals surface area contributed by atoms with E-state index >= 15 is 0 Å². The van der Waals surface area contributed by atoms with E-state index in [1.165, 1.54) is 6.07 Å². The molecule has 0 unspecified atom stereocenters. The van der Waals surface area contributed by atoms with Gasteiger partial charge in [-0.2, -0.15) is 15.4 Å². The highest BCUT2D eigenvalue weighted by Crippen LogP contribution is 2.04. The van der Waals surface area contributed by atoms with Crippen molar-refractivity contribution in [2.24, 2.45) is 0 Å². The first kappa shape index (κ1) is 6.48. The highest BCUT2D eigenvalue weighted by Gasteiger charge is 2.04. The highest BCUT2D eigenvalue weighted by molar-refractivity contribution is 6.38. The fourth-order valence-electron chi connectivity index (χ4n) is 0.888. The predicted octanol–water partition coefficient (Wildman–Crippen LogP) is -0.109. The Morgan fingerprint density at radius 3 is 3.00 bits per heavy atom. The van der Waals surface area contributed by atoms with Crippen LogP contribution >= 0.6 is 0 Å². The summed E-state index contributed by atoms with van der Waals surface area (Å²) in [7, 11) is 3.11. The minimum absolute atomic E-state index is 0.330. The van der Waals surface area contributed by atoms with Crippen molar-refractivity contribution in [3.8, 4) is 0 Å². The van der Waals surface area contributed by atoms with E-state index in [1.54, 1.807) is 6.07 Å². The van der Waals surface area contributed by atoms with Gasteiger partial charge in [-0.3, -0.25) is 0 Å². The summed E-state index contributed by atoms with van der Waals surface area (Å²) in [5.41, 5.74) is 1.16. The Balaban J connectivity index is 2.93. The summed E-state index contributed by atoms with van der Waals surface area (Å²) in [6.45, 7) is 0. The summed E-state index contributed by atoms with van der Waals surface area (Å²) in [4.78, 5) is 0. The zero-order valence-electron chi connectivity index (χ0n) is 5.43. The van der Waals surface area contributed by atoms with E-state index in [9.17, 15) is 4.39 Å². The zero-order valence-corrected chi connectivity index (χ0v) is 6.43. The summed E-state index contributed by atoms with van der Waals surface area (Å²) in [5.74, 6) is -0.330. The van der Waals surface area contributed by atoms with Crippen LogP contribution in [0.4, 0.5) is 4.39 Å². The molecular formula is C6H3FN3Si. The summed E-state index contributed by atoms with van der Waals surface area (Å²) < 4.78 is 12.8. The van der Waals surface area contributed by atoms with Crippen LogP contribution in [0.15, 0.2) is 12.1 Å². The van der Waals surface area contributed by atoms with Gasteiger partial charge in [-0.15, -0.1) is 0 Å². The topological polar surface area (TPSA) is 41.6 Å². The maximum atomic E-state index is 12.8. The molecule has 0 saturated heterocycles. The van der Waals surface area contributed by atoms with E-state index in [0.29, 0.717) is 16.2 Å². The third-order valence-corrected chi connectivity index (χ3v) is 1.91. The third-order valence-electron chi connectivity index (χ3n) is 1.44. The summed E-state index contributed by atoms with van der Waals surface area (Å²) in [6.07, 6.45) is 0. The second-order valence-electron chi connectivity index (χ2n) is 2.11. The average Bonchev–Trinajstić information content (AvgIpc) is 2.45. The Morgan fingerprint density at radius 1 is 1.36 bits per heavy atom. The number of nitrogens with zero attached hydrogens (tertiary/aromatic N) is 2. The smallest absolute Gasteiger partial charge is 0.123 e. The van der Waals surface area contributed by atoms with Crippen LogP contribution in [0, 0.1) is 5.82 Å². The van der Waals surface area contributed by atoms with Crippen molar-refractivity contribution in [2.45, 2.75) is 0 Å². The molecule has 0 atom stereocenters. The van der Waals surface area contributed by atoms with Gasteiger partial charge in [0.1, 0.15) is 16.9 Å². The largest absolute Gasteiger partial charge is 0.207 e. The Bertz CT molecular complexity index is 398. The molecule has 0 aliphatic carbocycles. The van der Waals surface area contributed by atoms with Crippen LogP contribution in [0.5, 0.6) is 0 Å². The Labute approximate surface area is 65.0 Å². The molecule has 53 valence electrons. The van der Waals surface area contributed by atoms with E-state index in [0.717, 1.165) is 0 Å². The van der Waals surface area contributed by atoms with Gasteiger partial charge in [-0.25, -0.2) is 4.39 Å². The van der Waals surface area contributed by atoms with Gasteiger partial charge in [0.2, 0.25) is 0 Å². The Hall–Kier alpha value is -1.23. The SMILES string of the molecule is Fc1ccc2n[nH]nc2c1[Si]. The minimum Gasteiger partial charge on any atom is -0.207 e. The van der Waals surface area contributed by atoms with Crippen molar-refractivity contribution in [1.29, 1.82) is 0 Å². The van der Waals surface area contributed by atoms with E-state index in [4.69, 9.17) is 0 Å². The van der Waals surface area contributed by atoms with E-state index in [2.05, 4.69) is 25.7 Å². The van der Waals surface area contributed by atoms with Crippen molar-refractivity contribution < 1.29 is 4.39 Å². The first-order valence-corrected chi connectivity index (χ1v) is 3.49. The number of nitrogens with one attached hydrogen (secondary N) is 1. The maximum Gasteiger partial charge on any atom is 0.123 e. The fraction of sp³-hybridized carbons (Fsp3) is 0. The molecule has 1 aromatic heterocycles. The zero-order chi connectivity index (χ0) is 7.84. The number of H-pyrrole nitrogens is 1. The molecule has 0 amide bonds. The van der Waals surface area contributed by atoms with Crippen LogP contribution < -0.4 is 5.19 Å². The third kappa shape index (κ3) is 0.847. The van der Waals surface area contributed by atoms with Gasteiger partial charge in [0, 0.05) is 0 Å². The number of rotatable bonds is 0. The molecule has 0 spiro atoms. The standard InChI is InChI=1S/C6H3FN3Si/c7-3-1-2-4-5(6(3)11)9-10-8-4/h1-2H,(H,8,9,10). The molecule has 0 aliphatic rings. The molecule has 1 heterocycles. The number of halogens is 1. The van der Waals surface area contributed by atoms with Crippen molar-refractivity contribution in [1.82, 2.24) is 15.4 Å². The van der Waals surface area contributed by atoms with Crippen LogP contribution in [0.1, 0.15) is 0 Å². The number of aromatic nitrogens is 3. The number of aromatic amines is 1. The van der Waals surface area contributed by atoms with Crippen LogP contribution in [0.2, 0.25) is 0 Å². The van der Waals surface area contributed by atoms with Gasteiger partial charge < -0.3 is 0 Å². The number of hydrogen-bond acceptors (Lipinski definition) is 2. The van der Waals surface area contributed by atoms with Crippen LogP contribution in [0.3, 0.4) is 0 Å². The van der Waals surface area contributed by atoms with Crippen LogP contribution in [-0.2, 0) is 0 Å². The lowest BCUT2D eigenvalue weighted by molar-refractivity contribution is 0.637. The van der Waals surface area contributed by atoms with Gasteiger partial charge in [0.25, 0.3) is 0 Å². The number of fused-ring (bicyclic) bond motifs is 1. The maximum absolute atomic E-state index is 12.8. The van der Waals surface area contributed by atoms with Gasteiger partial charge >= 0.3 is 0 Å². The first-order chi connectivity index (χ1) is 5.29. The Kier molecular flexibility index (Phi) is 1.25. The summed E-state index contributed by atoms with van der Waals surface area (Å²) in [5, 5.41) is 10.3. The van der Waals surface area contributed by atoms with Crippen molar-refractivity contribution in [3.63, 3.8) is 0 Å². The molecule has 0 bridgehead atoms. The van der Waals surface area contributed by atoms with E-state index < -0.39 is 0 Å². The summed E-state index contributed by atoms with van der Waals surface area (Å²) >= 11 is 0. The van der Waals surface area contributed by atoms with Crippen LogP contribution in [-0.4, -0.2) is 25.7 Å². The van der Waals surface area contributed by atoms with Crippen molar-refractivity contribution in [3.05, 3.63) is 17.9 Å². The lowest BCUT2D eigenvalue weighted by Crippen LogP contribution is -2.09. The quantitative estimate of drug-likeness (QED) is 0.552. The molecule has 5 heteroatoms. The lowest BCUT2D eigenvalue weighted by atomic mass is 10.3. The predicted molar refractivity (Wildman–Crippen MR) is 39.2 cm³/mol. The minimum atomic E-state index is -0.330. The molecule has 2 rings (SSSR count). The molecule has 1 aromatic carbocycles. The molecule has 0 saturated carbocycles. The highest BCUT2D eigenvalue weighted by atomic mass is 28.1. The molecule has 1 N–H and O–H groups in total. The molecule has 0 fully saturated rings. The molecule has 11 heavy (non-hydrogen) atoms. The summed E-state index contributed by atoms with van der Waals surface area (Å²) in [6, 6.07) is 2.91. The second-order valence-corrected chi connectivity index (χ2v) is 2.61. The lowest BCUT2D eigenvalue weighted by Gasteiger charge is -1.92. The van der Waals surface area contributed by atoms with Gasteiger partial charge in [-0.1, -0.05) is 0 Å². The molecular weight excluding hydrogens is 161 g/mol. The van der Waals surface area contributed by atoms with Gasteiger partial charge in [0.15, 0.2) is 0 Å². The molecule has 2 aromatic rings. The average molecular weight is 164 g/mol. The van der Waals surface area contributed by atoms with Crippen molar-refractivity contribution in [2.75, 3.05) is 0 Å². The number of benzene rings is 1. The monoisotopic (exact) mass is 164 g/mol.